The molecule has 0 atom stereocenters. The molecule has 0 saturated carbocycles. The summed E-state index contributed by atoms with van der Waals surface area (Å²) >= 11 is 1.78. The van der Waals surface area contributed by atoms with E-state index in [-0.39, 0.29) is 10.7 Å². The quantitative estimate of drug-likeness (QED) is 0.731. The van der Waals surface area contributed by atoms with Crippen LogP contribution in [-0.4, -0.2) is 36.8 Å². The third-order valence-corrected chi connectivity index (χ3v) is 3.77. The largest absolute Gasteiger partial charge is 0.464 e. The Morgan fingerprint density at radius 2 is 1.71 bits per heavy atom. The predicted octanol–water partition coefficient (Wildman–Crippen LogP) is 3.51. The summed E-state index contributed by atoms with van der Waals surface area (Å²) in [5.74, 6) is -0.195. The van der Waals surface area contributed by atoms with Crippen LogP contribution in [0.25, 0.3) is 0 Å². The topological polar surface area (TPSA) is 35.5 Å². The van der Waals surface area contributed by atoms with Crippen LogP contribution in [0.15, 0.2) is 0 Å². The van der Waals surface area contributed by atoms with Crippen molar-refractivity contribution in [2.24, 2.45) is 0 Å². The molecule has 1 aliphatic heterocycles. The lowest BCUT2D eigenvalue weighted by Crippen LogP contribution is -2.37. The molecule has 0 unspecified atom stereocenters. The molecule has 1 fully saturated rings. The maximum atomic E-state index is 10.7. The Morgan fingerprint density at radius 3 is 2.06 bits per heavy atom. The molecule has 0 aromatic rings. The van der Waals surface area contributed by atoms with Crippen molar-refractivity contribution < 1.29 is 14.3 Å². The third-order valence-electron chi connectivity index (χ3n) is 2.38. The molecule has 1 heterocycles. The molecule has 104 valence electrons. The molecular formula is C13H28O3S. The second-order valence-electron chi connectivity index (χ2n) is 3.28. The first kappa shape index (κ1) is 19.1. The molecule has 0 bridgehead atoms. The maximum absolute atomic E-state index is 10.7. The van der Waals surface area contributed by atoms with Gasteiger partial charge in [0, 0.05) is 20.1 Å². The first-order valence-corrected chi connectivity index (χ1v) is 7.67. The van der Waals surface area contributed by atoms with Crippen LogP contribution in [0, 0.1) is 0 Å². The van der Waals surface area contributed by atoms with Gasteiger partial charge in [-0.05, 0) is 19.1 Å². The van der Waals surface area contributed by atoms with Gasteiger partial charge in [0.25, 0.3) is 0 Å². The Labute approximate surface area is 111 Å². The van der Waals surface area contributed by atoms with E-state index in [9.17, 15) is 4.79 Å². The van der Waals surface area contributed by atoms with Gasteiger partial charge in [-0.1, -0.05) is 27.7 Å². The van der Waals surface area contributed by atoms with Gasteiger partial charge in [-0.3, -0.25) is 4.79 Å². The first-order valence-electron chi connectivity index (χ1n) is 6.45. The smallest absolute Gasteiger partial charge is 0.302 e. The number of carbonyl (C=O) groups excluding carboxylic acids is 1. The Bertz CT molecular complexity index is 178. The summed E-state index contributed by atoms with van der Waals surface area (Å²) in [7, 11) is 0. The lowest BCUT2D eigenvalue weighted by Gasteiger charge is -2.34. The average molecular weight is 264 g/mol. The highest BCUT2D eigenvalue weighted by Gasteiger charge is 2.32. The molecule has 1 aliphatic rings. The van der Waals surface area contributed by atoms with E-state index in [2.05, 4.69) is 6.26 Å². The molecule has 0 spiro atoms. The summed E-state index contributed by atoms with van der Waals surface area (Å²) in [6.07, 6.45) is 4.01. The molecule has 1 saturated heterocycles. The van der Waals surface area contributed by atoms with Crippen molar-refractivity contribution in [3.63, 3.8) is 0 Å². The Balaban J connectivity index is 0. The fraction of sp³-hybridized carbons (Fsp3) is 0.923. The molecule has 0 aromatic carbocycles. The van der Waals surface area contributed by atoms with Gasteiger partial charge in [-0.25, -0.2) is 0 Å². The predicted molar refractivity (Wildman–Crippen MR) is 75.6 cm³/mol. The van der Waals surface area contributed by atoms with E-state index in [4.69, 9.17) is 9.47 Å². The van der Waals surface area contributed by atoms with Crippen molar-refractivity contribution in [1.29, 1.82) is 0 Å². The average Bonchev–Trinajstić information content (AvgIpc) is 2.42. The number of ether oxygens (including phenoxy) is 2. The van der Waals surface area contributed by atoms with Crippen molar-refractivity contribution in [2.75, 3.05) is 26.1 Å². The monoisotopic (exact) mass is 264 g/mol. The number of esters is 1. The van der Waals surface area contributed by atoms with Gasteiger partial charge in [0.05, 0.1) is 4.75 Å². The summed E-state index contributed by atoms with van der Waals surface area (Å²) in [6, 6.07) is 0. The number of thioether (sulfide) groups is 1. The summed E-state index contributed by atoms with van der Waals surface area (Å²) in [5.41, 5.74) is 0. The van der Waals surface area contributed by atoms with Crippen molar-refractivity contribution in [3.8, 4) is 0 Å². The molecule has 0 aromatic heterocycles. The van der Waals surface area contributed by atoms with Gasteiger partial charge in [0.2, 0.25) is 0 Å². The van der Waals surface area contributed by atoms with Crippen LogP contribution >= 0.6 is 11.8 Å². The fourth-order valence-electron chi connectivity index (χ4n) is 1.38. The van der Waals surface area contributed by atoms with Gasteiger partial charge < -0.3 is 9.47 Å². The third kappa shape index (κ3) is 8.50. The number of rotatable bonds is 3. The van der Waals surface area contributed by atoms with Gasteiger partial charge in [-0.15, -0.1) is 0 Å². The van der Waals surface area contributed by atoms with Crippen LogP contribution in [0.4, 0.5) is 0 Å². The Morgan fingerprint density at radius 1 is 1.24 bits per heavy atom. The number of hydrogen-bond acceptors (Lipinski definition) is 4. The molecule has 0 radical (unpaired) electrons. The molecule has 0 aliphatic carbocycles. The van der Waals surface area contributed by atoms with Gasteiger partial charge >= 0.3 is 5.97 Å². The lowest BCUT2D eigenvalue weighted by molar-refractivity contribution is -0.142. The molecule has 4 heteroatoms. The number of carbonyl (C=O) groups is 1. The lowest BCUT2D eigenvalue weighted by atomic mass is 10.0. The zero-order valence-electron chi connectivity index (χ0n) is 12.2. The highest BCUT2D eigenvalue weighted by atomic mass is 32.2. The highest BCUT2D eigenvalue weighted by molar-refractivity contribution is 8.00. The Kier molecular flexibility index (Phi) is 13.8. The minimum atomic E-state index is -0.195. The van der Waals surface area contributed by atoms with Crippen molar-refractivity contribution in [1.82, 2.24) is 0 Å². The van der Waals surface area contributed by atoms with Crippen molar-refractivity contribution in [3.05, 3.63) is 0 Å². The number of hydrogen-bond donors (Lipinski definition) is 0. The normalized spacial score (nSPS) is 16.8. The van der Waals surface area contributed by atoms with Crippen molar-refractivity contribution >= 4 is 17.7 Å². The zero-order valence-corrected chi connectivity index (χ0v) is 13.0. The first-order chi connectivity index (χ1) is 8.18. The SMILES string of the molecule is CC.CC.CSC1(COC(C)=O)CCOCC1. The van der Waals surface area contributed by atoms with Gasteiger partial charge in [-0.2, -0.15) is 11.8 Å². The standard InChI is InChI=1S/C9H16O3S.2C2H6/c1-8(10)12-7-9(13-2)3-5-11-6-4-9;2*1-2/h3-7H2,1-2H3;2*1-2H3. The minimum absolute atomic E-state index is 0.101. The molecule has 0 amide bonds. The van der Waals surface area contributed by atoms with Crippen LogP contribution in [0.2, 0.25) is 0 Å². The van der Waals surface area contributed by atoms with Crippen molar-refractivity contribution in [2.45, 2.75) is 52.2 Å². The van der Waals surface area contributed by atoms with Crippen LogP contribution in [0.1, 0.15) is 47.5 Å². The molecule has 3 nitrogen and oxygen atoms in total. The summed E-state index contributed by atoms with van der Waals surface area (Å²) < 4.78 is 10.4. The maximum Gasteiger partial charge on any atom is 0.302 e. The van der Waals surface area contributed by atoms with E-state index in [1.807, 2.05) is 27.7 Å². The highest BCUT2D eigenvalue weighted by Crippen LogP contribution is 2.33. The second-order valence-corrected chi connectivity index (χ2v) is 4.55. The fourth-order valence-corrected chi connectivity index (χ4v) is 2.14. The van der Waals surface area contributed by atoms with Crippen LogP contribution in [0.5, 0.6) is 0 Å². The van der Waals surface area contributed by atoms with E-state index in [0.29, 0.717) is 6.61 Å². The van der Waals surface area contributed by atoms with Crippen LogP contribution in [0.3, 0.4) is 0 Å². The van der Waals surface area contributed by atoms with E-state index in [1.165, 1.54) is 6.92 Å². The van der Waals surface area contributed by atoms with Gasteiger partial charge in [0.1, 0.15) is 6.61 Å². The molecule has 0 N–H and O–H groups in total. The Hall–Kier alpha value is -0.220. The van der Waals surface area contributed by atoms with E-state index < -0.39 is 0 Å². The van der Waals surface area contributed by atoms with Crippen LogP contribution < -0.4 is 0 Å². The zero-order chi connectivity index (χ0) is 13.7. The minimum Gasteiger partial charge on any atom is -0.464 e. The van der Waals surface area contributed by atoms with Gasteiger partial charge in [0.15, 0.2) is 0 Å². The summed E-state index contributed by atoms with van der Waals surface area (Å²) in [4.78, 5) is 10.7. The molecule has 1 rings (SSSR count). The molecule has 17 heavy (non-hydrogen) atoms. The summed E-state index contributed by atoms with van der Waals surface area (Å²) in [6.45, 7) is 11.5. The van der Waals surface area contributed by atoms with Crippen LogP contribution in [-0.2, 0) is 14.3 Å². The molecular weight excluding hydrogens is 236 g/mol. The van der Waals surface area contributed by atoms with E-state index >= 15 is 0 Å². The van der Waals surface area contributed by atoms with E-state index in [0.717, 1.165) is 26.1 Å². The van der Waals surface area contributed by atoms with E-state index in [1.54, 1.807) is 11.8 Å². The second kappa shape index (κ2) is 12.2. The summed E-state index contributed by atoms with van der Waals surface area (Å²) in [5, 5.41) is 0.